The molecule has 2 N–H and O–H groups in total. The molecule has 62 valence electrons. The van der Waals surface area contributed by atoms with Crippen molar-refractivity contribution in [3.05, 3.63) is 12.0 Å². The summed E-state index contributed by atoms with van der Waals surface area (Å²) in [4.78, 5) is 14.2. The van der Waals surface area contributed by atoms with Crippen molar-refractivity contribution in [1.82, 2.24) is 9.55 Å². The Bertz CT molecular complexity index is 355. The van der Waals surface area contributed by atoms with E-state index in [1.54, 1.807) is 4.57 Å². The lowest BCUT2D eigenvalue weighted by atomic mass is 10.4. The second kappa shape index (κ2) is 2.29. The minimum Gasteiger partial charge on any atom is -0.476 e. The van der Waals surface area contributed by atoms with Gasteiger partial charge in [0.1, 0.15) is 6.67 Å². The van der Waals surface area contributed by atoms with Gasteiger partial charge >= 0.3 is 5.97 Å². The number of imidazole rings is 1. The van der Waals surface area contributed by atoms with E-state index in [2.05, 4.69) is 20.7 Å². The van der Waals surface area contributed by atoms with Gasteiger partial charge in [-0.2, -0.15) is 0 Å². The summed E-state index contributed by atoms with van der Waals surface area (Å²) >= 11 is 0. The Labute approximate surface area is 66.7 Å². The van der Waals surface area contributed by atoms with Crippen LogP contribution in [0, 0.1) is 0 Å². The van der Waals surface area contributed by atoms with Crippen molar-refractivity contribution in [3.63, 3.8) is 0 Å². The number of rotatable bonds is 1. The van der Waals surface area contributed by atoms with Crippen molar-refractivity contribution in [3.8, 4) is 0 Å². The van der Waals surface area contributed by atoms with Gasteiger partial charge in [-0.05, 0) is 0 Å². The van der Waals surface area contributed by atoms with Gasteiger partial charge in [-0.15, -0.1) is 5.11 Å². The van der Waals surface area contributed by atoms with E-state index in [1.165, 1.54) is 6.33 Å². The fourth-order valence-corrected chi connectivity index (χ4v) is 0.946. The first-order chi connectivity index (χ1) is 5.79. The maximum Gasteiger partial charge on any atom is 0.358 e. The Kier molecular flexibility index (Phi) is 1.29. The first-order valence-electron chi connectivity index (χ1n) is 3.20. The monoisotopic (exact) mass is 167 g/mol. The van der Waals surface area contributed by atoms with Gasteiger partial charge in [0, 0.05) is 0 Å². The molecule has 0 saturated heterocycles. The van der Waals surface area contributed by atoms with Crippen LogP contribution >= 0.6 is 0 Å². The van der Waals surface area contributed by atoms with Crippen molar-refractivity contribution >= 4 is 11.8 Å². The van der Waals surface area contributed by atoms with Gasteiger partial charge in [0.15, 0.2) is 11.5 Å². The van der Waals surface area contributed by atoms with E-state index < -0.39 is 5.97 Å². The summed E-state index contributed by atoms with van der Waals surface area (Å²) in [6, 6.07) is 0. The quantitative estimate of drug-likeness (QED) is 0.630. The number of carbonyl (C=O) groups is 1. The van der Waals surface area contributed by atoms with Crippen LogP contribution in [0.5, 0.6) is 0 Å². The zero-order valence-electron chi connectivity index (χ0n) is 5.93. The van der Waals surface area contributed by atoms with Crippen LogP contribution in [0.25, 0.3) is 0 Å². The summed E-state index contributed by atoms with van der Waals surface area (Å²) in [6.07, 6.45) is 1.41. The number of anilines is 1. The molecule has 2 heterocycles. The highest BCUT2D eigenvalue weighted by Gasteiger charge is 2.18. The third kappa shape index (κ3) is 0.831. The molecule has 0 aliphatic carbocycles. The predicted molar refractivity (Wildman–Crippen MR) is 37.7 cm³/mol. The smallest absolute Gasteiger partial charge is 0.358 e. The van der Waals surface area contributed by atoms with Crippen LogP contribution in [0.15, 0.2) is 16.7 Å². The van der Waals surface area contributed by atoms with Crippen LogP contribution in [0.2, 0.25) is 0 Å². The molecule has 0 amide bonds. The minimum absolute atomic E-state index is 0.0337. The van der Waals surface area contributed by atoms with Crippen molar-refractivity contribution < 1.29 is 9.90 Å². The topological polar surface area (TPSA) is 91.9 Å². The number of hydrogen-bond donors (Lipinski definition) is 2. The maximum atomic E-state index is 10.5. The predicted octanol–water partition coefficient (Wildman–Crippen LogP) is 0.331. The molecule has 0 aromatic carbocycles. The summed E-state index contributed by atoms with van der Waals surface area (Å²) in [5.41, 5.74) is 2.44. The number of aromatic nitrogens is 2. The van der Waals surface area contributed by atoms with Crippen molar-refractivity contribution in [2.45, 2.75) is 6.67 Å². The number of hydrogen-bond acceptors (Lipinski definition) is 5. The van der Waals surface area contributed by atoms with Crippen LogP contribution in [-0.4, -0.2) is 20.6 Å². The highest BCUT2D eigenvalue weighted by Crippen LogP contribution is 2.17. The molecule has 2 rings (SSSR count). The summed E-state index contributed by atoms with van der Waals surface area (Å²) < 4.78 is 1.57. The van der Waals surface area contributed by atoms with Crippen molar-refractivity contribution in [1.29, 1.82) is 0 Å². The van der Waals surface area contributed by atoms with Gasteiger partial charge in [-0.1, -0.05) is 5.22 Å². The van der Waals surface area contributed by atoms with E-state index in [4.69, 9.17) is 5.11 Å². The minimum atomic E-state index is -1.08. The first kappa shape index (κ1) is 6.77. The van der Waals surface area contributed by atoms with Crippen LogP contribution in [0.4, 0.5) is 5.82 Å². The first-order valence-corrected chi connectivity index (χ1v) is 3.20. The summed E-state index contributed by atoms with van der Waals surface area (Å²) in [5, 5.41) is 15.8. The molecule has 0 spiro atoms. The van der Waals surface area contributed by atoms with Crippen LogP contribution in [0.3, 0.4) is 0 Å². The number of carboxylic acids is 1. The number of nitrogens with zero attached hydrogens (tertiary/aromatic N) is 4. The lowest BCUT2D eigenvalue weighted by Crippen LogP contribution is -2.08. The Morgan fingerprint density at radius 2 is 2.58 bits per heavy atom. The number of aromatic carboxylic acids is 1. The molecule has 12 heavy (non-hydrogen) atoms. The average molecular weight is 167 g/mol. The largest absolute Gasteiger partial charge is 0.476 e. The SMILES string of the molecule is O=C(O)c1ncn2c1NN=NC2. The summed E-state index contributed by atoms with van der Waals surface area (Å²) in [6.45, 7) is 0.308. The molecule has 0 radical (unpaired) electrons. The van der Waals surface area contributed by atoms with Gasteiger partial charge in [0.2, 0.25) is 0 Å². The molecule has 7 nitrogen and oxygen atoms in total. The third-order valence-corrected chi connectivity index (χ3v) is 1.48. The number of fused-ring (bicyclic) bond motifs is 1. The Hall–Kier alpha value is -1.92. The second-order valence-corrected chi connectivity index (χ2v) is 2.21. The van der Waals surface area contributed by atoms with Crippen LogP contribution < -0.4 is 5.43 Å². The van der Waals surface area contributed by atoms with Crippen molar-refractivity contribution in [2.75, 3.05) is 5.43 Å². The van der Waals surface area contributed by atoms with E-state index in [1.807, 2.05) is 0 Å². The van der Waals surface area contributed by atoms with Gasteiger partial charge in [0.05, 0.1) is 6.33 Å². The van der Waals surface area contributed by atoms with E-state index >= 15 is 0 Å². The van der Waals surface area contributed by atoms with E-state index in [0.717, 1.165) is 0 Å². The Balaban J connectivity index is 2.48. The molecule has 7 heteroatoms. The molecule has 0 unspecified atom stereocenters. The molecule has 1 aromatic rings. The molecule has 0 saturated carbocycles. The molecule has 1 aromatic heterocycles. The third-order valence-electron chi connectivity index (χ3n) is 1.48. The number of nitrogens with one attached hydrogen (secondary N) is 1. The second-order valence-electron chi connectivity index (χ2n) is 2.21. The average Bonchev–Trinajstić information content (AvgIpc) is 2.47. The normalized spacial score (nSPS) is 13.7. The standard InChI is InChI=1S/C5H5N5O2/c11-5(12)3-4-8-9-7-2-10(4)1-6-3/h1H,2H2,(H,7,8)(H,11,12). The lowest BCUT2D eigenvalue weighted by Gasteiger charge is -2.07. The lowest BCUT2D eigenvalue weighted by molar-refractivity contribution is 0.0692. The molecular formula is C5H5N5O2. The highest BCUT2D eigenvalue weighted by atomic mass is 16.4. The van der Waals surface area contributed by atoms with Crippen LogP contribution in [0.1, 0.15) is 10.5 Å². The van der Waals surface area contributed by atoms with Gasteiger partial charge < -0.3 is 5.11 Å². The molecule has 0 bridgehead atoms. The van der Waals surface area contributed by atoms with Crippen LogP contribution in [-0.2, 0) is 6.67 Å². The molecule has 1 aliphatic rings. The van der Waals surface area contributed by atoms with E-state index in [9.17, 15) is 4.79 Å². The van der Waals surface area contributed by atoms with E-state index in [-0.39, 0.29) is 5.69 Å². The van der Waals surface area contributed by atoms with Crippen molar-refractivity contribution in [2.24, 2.45) is 10.3 Å². The van der Waals surface area contributed by atoms with Gasteiger partial charge in [-0.25, -0.2) is 15.2 Å². The Morgan fingerprint density at radius 3 is 3.33 bits per heavy atom. The molecule has 1 aliphatic heterocycles. The fourth-order valence-electron chi connectivity index (χ4n) is 0.946. The maximum absolute atomic E-state index is 10.5. The Morgan fingerprint density at radius 1 is 1.75 bits per heavy atom. The fraction of sp³-hybridized carbons (Fsp3) is 0.200. The molecular weight excluding hydrogens is 162 g/mol. The highest BCUT2D eigenvalue weighted by molar-refractivity contribution is 5.91. The van der Waals surface area contributed by atoms with Gasteiger partial charge in [0.25, 0.3) is 0 Å². The van der Waals surface area contributed by atoms with E-state index in [0.29, 0.717) is 12.5 Å². The van der Waals surface area contributed by atoms with Gasteiger partial charge in [-0.3, -0.25) is 4.57 Å². The zero-order chi connectivity index (χ0) is 8.55. The molecule has 0 fully saturated rings. The summed E-state index contributed by atoms with van der Waals surface area (Å²) in [5.74, 6) is -0.703. The molecule has 0 atom stereocenters. The summed E-state index contributed by atoms with van der Waals surface area (Å²) in [7, 11) is 0. The number of carboxylic acid groups (broad SMARTS) is 1. The zero-order valence-corrected chi connectivity index (χ0v) is 5.93.